The van der Waals surface area contributed by atoms with Crippen molar-refractivity contribution < 1.29 is 9.53 Å². The monoisotopic (exact) mass is 286 g/mol. The van der Waals surface area contributed by atoms with E-state index in [1.807, 2.05) is 39.0 Å². The molecule has 0 unspecified atom stereocenters. The van der Waals surface area contributed by atoms with Crippen molar-refractivity contribution in [2.24, 2.45) is 11.7 Å². The van der Waals surface area contributed by atoms with E-state index in [0.29, 0.717) is 12.3 Å². The quantitative estimate of drug-likeness (QED) is 0.845. The summed E-state index contributed by atoms with van der Waals surface area (Å²) in [4.78, 5) is 11.8. The molecule has 0 bridgehead atoms. The van der Waals surface area contributed by atoms with E-state index < -0.39 is 6.04 Å². The standard InChI is InChI=1S/C14H22N2O2.ClH/c1-4-8-18-12-7-5-6-11(9-12)16-14(17)13(15)10(2)3;/h5-7,9-10,13H,4,8,15H2,1-3H3,(H,16,17);1H/t13-;/m1./s1. The number of halogens is 1. The zero-order chi connectivity index (χ0) is 13.5. The number of nitrogens with one attached hydrogen (secondary N) is 1. The molecule has 4 nitrogen and oxygen atoms in total. The first-order valence-electron chi connectivity index (χ1n) is 6.34. The summed E-state index contributed by atoms with van der Waals surface area (Å²) in [7, 11) is 0. The fraction of sp³-hybridized carbons (Fsp3) is 0.500. The summed E-state index contributed by atoms with van der Waals surface area (Å²) in [6, 6.07) is 6.85. The Hall–Kier alpha value is -1.26. The number of amides is 1. The molecule has 0 saturated heterocycles. The lowest BCUT2D eigenvalue weighted by Gasteiger charge is -2.15. The smallest absolute Gasteiger partial charge is 0.241 e. The van der Waals surface area contributed by atoms with Crippen LogP contribution in [-0.2, 0) is 4.79 Å². The fourth-order valence-electron chi connectivity index (χ4n) is 1.41. The van der Waals surface area contributed by atoms with Crippen LogP contribution in [0.5, 0.6) is 5.75 Å². The van der Waals surface area contributed by atoms with Gasteiger partial charge in [0.25, 0.3) is 0 Å². The van der Waals surface area contributed by atoms with Crippen molar-refractivity contribution >= 4 is 24.0 Å². The Morgan fingerprint density at radius 1 is 1.42 bits per heavy atom. The third kappa shape index (κ3) is 5.94. The van der Waals surface area contributed by atoms with Gasteiger partial charge in [-0.05, 0) is 24.5 Å². The summed E-state index contributed by atoms with van der Waals surface area (Å²) in [5.74, 6) is 0.704. The Labute approximate surface area is 121 Å². The molecule has 0 aromatic heterocycles. The lowest BCUT2D eigenvalue weighted by atomic mass is 10.0. The minimum absolute atomic E-state index is 0. The van der Waals surface area contributed by atoms with Crippen LogP contribution in [0.1, 0.15) is 27.2 Å². The first-order chi connectivity index (χ1) is 8.54. The van der Waals surface area contributed by atoms with Crippen LogP contribution in [0.25, 0.3) is 0 Å². The summed E-state index contributed by atoms with van der Waals surface area (Å²) in [6.45, 7) is 6.56. The van der Waals surface area contributed by atoms with Gasteiger partial charge in [0.15, 0.2) is 0 Å². The molecule has 1 aromatic rings. The molecule has 0 radical (unpaired) electrons. The maximum Gasteiger partial charge on any atom is 0.241 e. The zero-order valence-corrected chi connectivity index (χ0v) is 12.5. The summed E-state index contributed by atoms with van der Waals surface area (Å²) < 4.78 is 5.50. The largest absolute Gasteiger partial charge is 0.494 e. The lowest BCUT2D eigenvalue weighted by molar-refractivity contribution is -0.118. The Morgan fingerprint density at radius 2 is 2.11 bits per heavy atom. The van der Waals surface area contributed by atoms with Crippen LogP contribution in [0.4, 0.5) is 5.69 Å². The van der Waals surface area contributed by atoms with Crippen molar-refractivity contribution in [3.05, 3.63) is 24.3 Å². The van der Waals surface area contributed by atoms with Gasteiger partial charge < -0.3 is 15.8 Å². The minimum atomic E-state index is -0.495. The van der Waals surface area contributed by atoms with Gasteiger partial charge in [-0.15, -0.1) is 12.4 Å². The summed E-state index contributed by atoms with van der Waals surface area (Å²) in [5, 5.41) is 2.80. The summed E-state index contributed by atoms with van der Waals surface area (Å²) >= 11 is 0. The van der Waals surface area contributed by atoms with Crippen molar-refractivity contribution in [1.29, 1.82) is 0 Å². The van der Waals surface area contributed by atoms with Crippen LogP contribution in [0, 0.1) is 5.92 Å². The van der Waals surface area contributed by atoms with E-state index in [-0.39, 0.29) is 24.2 Å². The topological polar surface area (TPSA) is 64.3 Å². The van der Waals surface area contributed by atoms with E-state index in [4.69, 9.17) is 10.5 Å². The van der Waals surface area contributed by atoms with Gasteiger partial charge >= 0.3 is 0 Å². The molecular formula is C14H23ClN2O2. The lowest BCUT2D eigenvalue weighted by Crippen LogP contribution is -2.39. The van der Waals surface area contributed by atoms with Gasteiger partial charge in [0.1, 0.15) is 5.75 Å². The molecule has 3 N–H and O–H groups in total. The third-order valence-corrected chi connectivity index (χ3v) is 2.60. The molecule has 5 heteroatoms. The molecule has 0 fully saturated rings. The van der Waals surface area contributed by atoms with Crippen LogP contribution in [0.15, 0.2) is 24.3 Å². The molecule has 108 valence electrons. The highest BCUT2D eigenvalue weighted by molar-refractivity contribution is 5.94. The molecule has 0 aliphatic rings. The predicted octanol–water partition coefficient (Wildman–Crippen LogP) is 2.82. The van der Waals surface area contributed by atoms with Gasteiger partial charge in [-0.2, -0.15) is 0 Å². The third-order valence-electron chi connectivity index (χ3n) is 2.60. The molecule has 0 aliphatic heterocycles. The van der Waals surface area contributed by atoms with E-state index in [0.717, 1.165) is 12.2 Å². The molecule has 1 aromatic carbocycles. The van der Waals surface area contributed by atoms with Gasteiger partial charge in [0.05, 0.1) is 12.6 Å². The van der Waals surface area contributed by atoms with Crippen LogP contribution in [0.2, 0.25) is 0 Å². The maximum atomic E-state index is 11.8. The number of ether oxygens (including phenoxy) is 1. The van der Waals surface area contributed by atoms with Crippen molar-refractivity contribution in [2.45, 2.75) is 33.2 Å². The Kier molecular flexibility index (Phi) is 8.19. The van der Waals surface area contributed by atoms with E-state index in [1.54, 1.807) is 6.07 Å². The van der Waals surface area contributed by atoms with E-state index >= 15 is 0 Å². The molecule has 1 atom stereocenters. The number of nitrogens with two attached hydrogens (primary N) is 1. The van der Waals surface area contributed by atoms with E-state index in [2.05, 4.69) is 5.32 Å². The van der Waals surface area contributed by atoms with Crippen molar-refractivity contribution in [1.82, 2.24) is 0 Å². The Balaban J connectivity index is 0.00000324. The second-order valence-electron chi connectivity index (χ2n) is 4.64. The number of anilines is 1. The average Bonchev–Trinajstić information content (AvgIpc) is 2.35. The van der Waals surface area contributed by atoms with Gasteiger partial charge in [-0.25, -0.2) is 0 Å². The second kappa shape index (κ2) is 8.77. The number of benzene rings is 1. The molecule has 0 saturated carbocycles. The Morgan fingerprint density at radius 3 is 2.68 bits per heavy atom. The maximum absolute atomic E-state index is 11.8. The zero-order valence-electron chi connectivity index (χ0n) is 11.7. The van der Waals surface area contributed by atoms with Crippen LogP contribution >= 0.6 is 12.4 Å². The normalized spacial score (nSPS) is 11.6. The van der Waals surface area contributed by atoms with Crippen molar-refractivity contribution in [3.63, 3.8) is 0 Å². The number of carbonyl (C=O) groups excluding carboxylic acids is 1. The summed E-state index contributed by atoms with van der Waals surface area (Å²) in [5.41, 5.74) is 6.50. The molecule has 1 amide bonds. The van der Waals surface area contributed by atoms with E-state index in [1.165, 1.54) is 0 Å². The first-order valence-corrected chi connectivity index (χ1v) is 6.34. The SMILES string of the molecule is CCCOc1cccc(NC(=O)[C@H](N)C(C)C)c1.Cl. The van der Waals surface area contributed by atoms with Gasteiger partial charge in [0.2, 0.25) is 5.91 Å². The minimum Gasteiger partial charge on any atom is -0.494 e. The Bertz CT molecular complexity index is 397. The highest BCUT2D eigenvalue weighted by Gasteiger charge is 2.17. The van der Waals surface area contributed by atoms with Crippen molar-refractivity contribution in [3.8, 4) is 5.75 Å². The van der Waals surface area contributed by atoms with Gasteiger partial charge in [0, 0.05) is 11.8 Å². The number of carbonyl (C=O) groups is 1. The molecule has 0 heterocycles. The molecule has 0 aliphatic carbocycles. The van der Waals surface area contributed by atoms with Crippen molar-refractivity contribution in [2.75, 3.05) is 11.9 Å². The molecule has 1 rings (SSSR count). The first kappa shape index (κ1) is 17.7. The highest BCUT2D eigenvalue weighted by Crippen LogP contribution is 2.18. The average molecular weight is 287 g/mol. The molecular weight excluding hydrogens is 264 g/mol. The number of rotatable bonds is 6. The molecule has 19 heavy (non-hydrogen) atoms. The second-order valence-corrected chi connectivity index (χ2v) is 4.64. The molecule has 0 spiro atoms. The van der Waals surface area contributed by atoms with Gasteiger partial charge in [-0.3, -0.25) is 4.79 Å². The van der Waals surface area contributed by atoms with Crippen LogP contribution in [0.3, 0.4) is 0 Å². The van der Waals surface area contributed by atoms with Crippen LogP contribution < -0.4 is 15.8 Å². The number of hydrogen-bond donors (Lipinski definition) is 2. The summed E-state index contributed by atoms with van der Waals surface area (Å²) in [6.07, 6.45) is 0.953. The van der Waals surface area contributed by atoms with Gasteiger partial charge in [-0.1, -0.05) is 26.8 Å². The highest BCUT2D eigenvalue weighted by atomic mass is 35.5. The van der Waals surface area contributed by atoms with E-state index in [9.17, 15) is 4.79 Å². The van der Waals surface area contributed by atoms with Crippen LogP contribution in [-0.4, -0.2) is 18.6 Å². The number of hydrogen-bond acceptors (Lipinski definition) is 3. The fourth-order valence-corrected chi connectivity index (χ4v) is 1.41. The predicted molar refractivity (Wildman–Crippen MR) is 80.9 cm³/mol.